The summed E-state index contributed by atoms with van der Waals surface area (Å²) in [4.78, 5) is 12.2. The molecule has 0 aromatic carbocycles. The van der Waals surface area contributed by atoms with E-state index in [1.807, 2.05) is 13.0 Å². The molecule has 2 unspecified atom stereocenters. The number of rotatable bonds is 3. The fraction of sp³-hybridized carbons (Fsp3) is 0.643. The fourth-order valence-electron chi connectivity index (χ4n) is 2.71. The number of furan rings is 1. The highest BCUT2D eigenvalue weighted by atomic mass is 16.3. The highest BCUT2D eigenvalue weighted by Crippen LogP contribution is 2.33. The van der Waals surface area contributed by atoms with Gasteiger partial charge in [0.05, 0.1) is 6.26 Å². The van der Waals surface area contributed by atoms with Gasteiger partial charge in [0, 0.05) is 5.92 Å². The molecule has 16 heavy (non-hydrogen) atoms. The maximum Gasteiger partial charge on any atom is 0.201 e. The van der Waals surface area contributed by atoms with Crippen LogP contribution in [0.5, 0.6) is 0 Å². The molecule has 1 fully saturated rings. The average molecular weight is 220 g/mol. The molecule has 88 valence electrons. The van der Waals surface area contributed by atoms with Gasteiger partial charge in [-0.2, -0.15) is 0 Å². The second-order valence-electron chi connectivity index (χ2n) is 4.93. The summed E-state index contributed by atoms with van der Waals surface area (Å²) in [6, 6.07) is 1.87. The largest absolute Gasteiger partial charge is 0.461 e. The van der Waals surface area contributed by atoms with Crippen molar-refractivity contribution in [3.05, 3.63) is 23.7 Å². The molecule has 1 aromatic heterocycles. The Morgan fingerprint density at radius 1 is 1.50 bits per heavy atom. The molecular formula is C14H20O2. The van der Waals surface area contributed by atoms with E-state index in [4.69, 9.17) is 4.42 Å². The first kappa shape index (κ1) is 11.4. The minimum atomic E-state index is 0.198. The first-order valence-corrected chi connectivity index (χ1v) is 6.30. The number of Topliss-reactive ketones (excluding diaryl/α,β-unsaturated/α-hetero) is 1. The summed E-state index contributed by atoms with van der Waals surface area (Å²) < 4.78 is 5.30. The van der Waals surface area contributed by atoms with E-state index in [0.29, 0.717) is 5.76 Å². The molecule has 1 aliphatic carbocycles. The number of hydrogen-bond donors (Lipinski definition) is 0. The van der Waals surface area contributed by atoms with Gasteiger partial charge in [-0.1, -0.05) is 26.2 Å². The van der Waals surface area contributed by atoms with Gasteiger partial charge in [0.25, 0.3) is 0 Å². The summed E-state index contributed by atoms with van der Waals surface area (Å²) in [5, 5.41) is 0. The molecule has 2 heteroatoms. The molecular weight excluding hydrogens is 200 g/mol. The third kappa shape index (κ3) is 2.21. The van der Waals surface area contributed by atoms with Crippen LogP contribution >= 0.6 is 0 Å². The van der Waals surface area contributed by atoms with Crippen LogP contribution in [0.15, 0.2) is 16.7 Å². The molecule has 0 amide bonds. The van der Waals surface area contributed by atoms with E-state index in [0.717, 1.165) is 24.3 Å². The fourth-order valence-corrected chi connectivity index (χ4v) is 2.71. The summed E-state index contributed by atoms with van der Waals surface area (Å²) in [6.45, 7) is 4.16. The maximum absolute atomic E-state index is 12.2. The van der Waals surface area contributed by atoms with Crippen molar-refractivity contribution in [2.45, 2.75) is 46.0 Å². The van der Waals surface area contributed by atoms with Crippen LogP contribution in [0, 0.1) is 18.8 Å². The molecule has 1 heterocycles. The molecule has 0 radical (unpaired) electrons. The highest BCUT2D eigenvalue weighted by Gasteiger charge is 2.29. The van der Waals surface area contributed by atoms with Gasteiger partial charge in [-0.3, -0.25) is 4.79 Å². The van der Waals surface area contributed by atoms with Crippen molar-refractivity contribution in [1.82, 2.24) is 0 Å². The van der Waals surface area contributed by atoms with Gasteiger partial charge in [-0.25, -0.2) is 0 Å². The molecule has 0 saturated heterocycles. The van der Waals surface area contributed by atoms with Crippen LogP contribution in [0.2, 0.25) is 0 Å². The molecule has 0 spiro atoms. The maximum atomic E-state index is 12.2. The van der Waals surface area contributed by atoms with Crippen molar-refractivity contribution >= 4 is 5.78 Å². The molecule has 2 atom stereocenters. The SMILES string of the molecule is CCC1CCCC(C(=O)c2occc2C)C1. The zero-order chi connectivity index (χ0) is 11.5. The van der Waals surface area contributed by atoms with Gasteiger partial charge in [0.2, 0.25) is 5.78 Å². The molecule has 0 aliphatic heterocycles. The van der Waals surface area contributed by atoms with Crippen molar-refractivity contribution < 1.29 is 9.21 Å². The summed E-state index contributed by atoms with van der Waals surface area (Å²) in [6.07, 6.45) is 7.38. The van der Waals surface area contributed by atoms with Gasteiger partial charge < -0.3 is 4.42 Å². The molecule has 0 N–H and O–H groups in total. The Hall–Kier alpha value is -1.05. The Kier molecular flexibility index (Phi) is 3.47. The summed E-state index contributed by atoms with van der Waals surface area (Å²) in [5.74, 6) is 1.74. The predicted octanol–water partition coefficient (Wildman–Crippen LogP) is 3.99. The minimum absolute atomic E-state index is 0.198. The summed E-state index contributed by atoms with van der Waals surface area (Å²) in [5.41, 5.74) is 0.976. The topological polar surface area (TPSA) is 30.2 Å². The van der Waals surface area contributed by atoms with Crippen molar-refractivity contribution in [3.63, 3.8) is 0 Å². The van der Waals surface area contributed by atoms with E-state index < -0.39 is 0 Å². The zero-order valence-electron chi connectivity index (χ0n) is 10.2. The van der Waals surface area contributed by atoms with Crippen LogP contribution in [0.3, 0.4) is 0 Å². The quantitative estimate of drug-likeness (QED) is 0.721. The van der Waals surface area contributed by atoms with Gasteiger partial charge in [0.15, 0.2) is 5.76 Å². The predicted molar refractivity (Wildman–Crippen MR) is 63.5 cm³/mol. The van der Waals surface area contributed by atoms with Crippen molar-refractivity contribution in [1.29, 1.82) is 0 Å². The lowest BCUT2D eigenvalue weighted by atomic mass is 9.77. The van der Waals surface area contributed by atoms with E-state index in [9.17, 15) is 4.79 Å². The molecule has 2 nitrogen and oxygen atoms in total. The van der Waals surface area contributed by atoms with E-state index in [1.54, 1.807) is 6.26 Å². The van der Waals surface area contributed by atoms with Gasteiger partial charge in [-0.15, -0.1) is 0 Å². The first-order valence-electron chi connectivity index (χ1n) is 6.30. The van der Waals surface area contributed by atoms with Crippen LogP contribution < -0.4 is 0 Å². The van der Waals surface area contributed by atoms with Crippen molar-refractivity contribution in [2.24, 2.45) is 11.8 Å². The van der Waals surface area contributed by atoms with Crippen LogP contribution in [0.1, 0.15) is 55.1 Å². The molecule has 1 saturated carbocycles. The first-order chi connectivity index (χ1) is 7.72. The van der Waals surface area contributed by atoms with Gasteiger partial charge in [-0.05, 0) is 37.3 Å². The van der Waals surface area contributed by atoms with Gasteiger partial charge in [0.1, 0.15) is 0 Å². The Morgan fingerprint density at radius 2 is 2.31 bits per heavy atom. The second-order valence-corrected chi connectivity index (χ2v) is 4.93. The number of carbonyl (C=O) groups excluding carboxylic acids is 1. The smallest absolute Gasteiger partial charge is 0.201 e. The highest BCUT2D eigenvalue weighted by molar-refractivity contribution is 5.96. The van der Waals surface area contributed by atoms with Crippen LogP contribution in [0.25, 0.3) is 0 Å². The lowest BCUT2D eigenvalue weighted by Gasteiger charge is -2.26. The third-order valence-corrected chi connectivity index (χ3v) is 3.82. The van der Waals surface area contributed by atoms with Gasteiger partial charge >= 0.3 is 0 Å². The zero-order valence-corrected chi connectivity index (χ0v) is 10.2. The molecule has 1 aliphatic rings. The number of aryl methyl sites for hydroxylation is 1. The second kappa shape index (κ2) is 4.86. The Morgan fingerprint density at radius 3 is 2.94 bits per heavy atom. The number of carbonyl (C=O) groups is 1. The monoisotopic (exact) mass is 220 g/mol. The van der Waals surface area contributed by atoms with Crippen molar-refractivity contribution in [3.8, 4) is 0 Å². The molecule has 2 rings (SSSR count). The van der Waals surface area contributed by atoms with Crippen LogP contribution in [-0.2, 0) is 0 Å². The minimum Gasteiger partial charge on any atom is -0.461 e. The lowest BCUT2D eigenvalue weighted by Crippen LogP contribution is -2.23. The van der Waals surface area contributed by atoms with Crippen LogP contribution in [-0.4, -0.2) is 5.78 Å². The normalized spacial score (nSPS) is 25.6. The Balaban J connectivity index is 2.07. The lowest BCUT2D eigenvalue weighted by molar-refractivity contribution is 0.0832. The van der Waals surface area contributed by atoms with Crippen molar-refractivity contribution in [2.75, 3.05) is 0 Å². The Bertz CT molecular complexity index is 365. The number of hydrogen-bond acceptors (Lipinski definition) is 2. The van der Waals surface area contributed by atoms with Crippen LogP contribution in [0.4, 0.5) is 0 Å². The molecule has 0 bridgehead atoms. The third-order valence-electron chi connectivity index (χ3n) is 3.82. The Labute approximate surface area is 97.0 Å². The average Bonchev–Trinajstić information content (AvgIpc) is 2.74. The van der Waals surface area contributed by atoms with E-state index in [1.165, 1.54) is 19.3 Å². The summed E-state index contributed by atoms with van der Waals surface area (Å²) >= 11 is 0. The van der Waals surface area contributed by atoms with E-state index >= 15 is 0 Å². The number of ketones is 1. The summed E-state index contributed by atoms with van der Waals surface area (Å²) in [7, 11) is 0. The van der Waals surface area contributed by atoms with E-state index in [2.05, 4.69) is 6.92 Å². The standard InChI is InChI=1S/C14H20O2/c1-3-11-5-4-6-12(9-11)13(15)14-10(2)7-8-16-14/h7-8,11-12H,3-6,9H2,1-2H3. The molecule has 1 aromatic rings. The van der Waals surface area contributed by atoms with E-state index in [-0.39, 0.29) is 11.7 Å².